The second kappa shape index (κ2) is 5.43. The number of aliphatic hydroxyl groups excluding tert-OH is 3. The van der Waals surface area contributed by atoms with Crippen molar-refractivity contribution in [3.8, 4) is 0 Å². The summed E-state index contributed by atoms with van der Waals surface area (Å²) in [6.07, 6.45) is -3.51. The summed E-state index contributed by atoms with van der Waals surface area (Å²) in [6, 6.07) is 13.3. The van der Waals surface area contributed by atoms with Crippen molar-refractivity contribution in [2.75, 3.05) is 0 Å². The maximum Gasteiger partial charge on any atom is 0.259 e. The van der Waals surface area contributed by atoms with E-state index in [-0.39, 0.29) is 0 Å². The molecule has 0 spiro atoms. The smallest absolute Gasteiger partial charge is 0.259 e. The number of carbonyl (C=O) groups is 2. The van der Waals surface area contributed by atoms with Crippen molar-refractivity contribution in [2.45, 2.75) is 30.4 Å². The number of nitrogens with zero attached hydrogens (tertiary/aromatic N) is 2. The first-order valence-electron chi connectivity index (χ1n) is 10.9. The summed E-state index contributed by atoms with van der Waals surface area (Å²) < 4.78 is 3.73. The van der Waals surface area contributed by atoms with Crippen LogP contribution in [0, 0.1) is 0 Å². The van der Waals surface area contributed by atoms with Crippen LogP contribution in [0.15, 0.2) is 48.5 Å². The van der Waals surface area contributed by atoms with E-state index in [1.54, 1.807) is 0 Å². The summed E-state index contributed by atoms with van der Waals surface area (Å²) >= 11 is 0. The van der Waals surface area contributed by atoms with E-state index >= 15 is 0 Å². The number of carbonyl (C=O) groups excluding carboxylic acids is 2. The number of aliphatic hydroxyl groups is 3. The van der Waals surface area contributed by atoms with Crippen molar-refractivity contribution in [1.29, 1.82) is 0 Å². The molecule has 8 heteroatoms. The maximum atomic E-state index is 13.1. The van der Waals surface area contributed by atoms with E-state index in [9.17, 15) is 24.9 Å². The zero-order valence-electron chi connectivity index (χ0n) is 17.1. The molecule has 1 aliphatic carbocycles. The van der Waals surface area contributed by atoms with E-state index in [0.717, 1.165) is 21.8 Å². The van der Waals surface area contributed by atoms with E-state index in [1.807, 2.05) is 57.7 Å². The number of para-hydroxylation sites is 2. The molecule has 33 heavy (non-hydrogen) atoms. The molecule has 3 aromatic carbocycles. The number of nitrogens with one attached hydrogen (secondary N) is 1. The van der Waals surface area contributed by atoms with Crippen LogP contribution in [0.1, 0.15) is 32.8 Å². The average molecular weight is 439 g/mol. The second-order valence-electron chi connectivity index (χ2n) is 9.21. The molecule has 4 heterocycles. The number of hydrogen-bond donors (Lipinski definition) is 4. The van der Waals surface area contributed by atoms with Gasteiger partial charge in [-0.05, 0) is 12.1 Å². The minimum Gasteiger partial charge on any atom is -0.389 e. The van der Waals surface area contributed by atoms with Crippen molar-refractivity contribution in [2.24, 2.45) is 0 Å². The van der Waals surface area contributed by atoms with E-state index in [4.69, 9.17) is 0 Å². The molecule has 1 fully saturated rings. The van der Waals surface area contributed by atoms with Gasteiger partial charge in [0.1, 0.15) is 18.3 Å². The average Bonchev–Trinajstić information content (AvgIpc) is 3.44. The molecule has 4 unspecified atom stereocenters. The van der Waals surface area contributed by atoms with Crippen molar-refractivity contribution in [1.82, 2.24) is 14.5 Å². The van der Waals surface area contributed by atoms with Gasteiger partial charge in [-0.25, -0.2) is 0 Å². The Bertz CT molecular complexity index is 1640. The zero-order valence-corrected chi connectivity index (χ0v) is 17.1. The molecule has 0 saturated heterocycles. The highest BCUT2D eigenvalue weighted by molar-refractivity contribution is 6.39. The third-order valence-electron chi connectivity index (χ3n) is 7.82. The first kappa shape index (κ1) is 17.8. The zero-order chi connectivity index (χ0) is 22.3. The number of amides is 2. The first-order chi connectivity index (χ1) is 16.0. The predicted molar refractivity (Wildman–Crippen MR) is 120 cm³/mol. The molecule has 8 rings (SSSR count). The molecule has 4 N–H and O–H groups in total. The fourth-order valence-electron chi connectivity index (χ4n) is 6.67. The van der Waals surface area contributed by atoms with Gasteiger partial charge in [-0.1, -0.05) is 36.4 Å². The molecule has 5 aromatic rings. The van der Waals surface area contributed by atoms with Crippen molar-refractivity contribution < 1.29 is 24.9 Å². The molecule has 8 nitrogen and oxygen atoms in total. The first-order valence-corrected chi connectivity index (χ1v) is 10.9. The summed E-state index contributed by atoms with van der Waals surface area (Å²) in [5.41, 5.74) is 3.46. The van der Waals surface area contributed by atoms with Gasteiger partial charge in [0.05, 0.1) is 34.2 Å². The molecule has 2 bridgehead atoms. The third kappa shape index (κ3) is 1.73. The predicted octanol–water partition coefficient (Wildman–Crippen LogP) is 1.98. The Morgan fingerprint density at radius 1 is 0.636 bits per heavy atom. The Labute approximate surface area is 185 Å². The van der Waals surface area contributed by atoms with Crippen LogP contribution in [-0.4, -0.2) is 54.6 Å². The lowest BCUT2D eigenvalue weighted by molar-refractivity contribution is 0.0101. The number of aromatic nitrogens is 2. The quantitative estimate of drug-likeness (QED) is 0.275. The van der Waals surface area contributed by atoms with Crippen LogP contribution in [0.2, 0.25) is 0 Å². The number of hydrogen-bond acceptors (Lipinski definition) is 5. The lowest BCUT2D eigenvalue weighted by Gasteiger charge is -2.23. The van der Waals surface area contributed by atoms with Crippen LogP contribution in [-0.2, 0) is 0 Å². The molecule has 1 saturated carbocycles. The van der Waals surface area contributed by atoms with Gasteiger partial charge in [-0.2, -0.15) is 0 Å². The van der Waals surface area contributed by atoms with Crippen LogP contribution in [0.5, 0.6) is 0 Å². The number of rotatable bonds is 0. The Hall–Kier alpha value is -3.72. The van der Waals surface area contributed by atoms with Crippen LogP contribution in [0.25, 0.3) is 43.6 Å². The molecule has 2 aromatic heterocycles. The summed E-state index contributed by atoms with van der Waals surface area (Å²) in [6.45, 7) is 0. The molecule has 162 valence electrons. The number of imide groups is 1. The lowest BCUT2D eigenvalue weighted by atomic mass is 9.96. The van der Waals surface area contributed by atoms with Gasteiger partial charge in [0.25, 0.3) is 11.8 Å². The van der Waals surface area contributed by atoms with Gasteiger partial charge in [0.15, 0.2) is 0 Å². The van der Waals surface area contributed by atoms with E-state index in [1.165, 1.54) is 0 Å². The third-order valence-corrected chi connectivity index (χ3v) is 7.82. The summed E-state index contributed by atoms with van der Waals surface area (Å²) in [7, 11) is 0. The van der Waals surface area contributed by atoms with Crippen molar-refractivity contribution in [3.05, 3.63) is 59.7 Å². The highest BCUT2D eigenvalue weighted by atomic mass is 16.3. The van der Waals surface area contributed by atoms with Gasteiger partial charge >= 0.3 is 0 Å². The van der Waals surface area contributed by atoms with Gasteiger partial charge < -0.3 is 24.5 Å². The summed E-state index contributed by atoms with van der Waals surface area (Å²) in [5, 5.41) is 38.9. The number of benzene rings is 3. The van der Waals surface area contributed by atoms with Crippen molar-refractivity contribution >= 4 is 55.4 Å². The van der Waals surface area contributed by atoms with Gasteiger partial charge in [0, 0.05) is 32.6 Å². The summed E-state index contributed by atoms with van der Waals surface area (Å²) in [5.74, 6) is -0.903. The SMILES string of the molecule is O=C1NC(=O)c2c1c1c3ccccc3n3c1c1c2c2ccccc2n1C1C(O)C(O)C3C1O. The van der Waals surface area contributed by atoms with Crippen LogP contribution in [0.3, 0.4) is 0 Å². The summed E-state index contributed by atoms with van der Waals surface area (Å²) in [4.78, 5) is 26.2. The van der Waals surface area contributed by atoms with Crippen LogP contribution < -0.4 is 5.32 Å². The molecular formula is C25H17N3O5. The molecule has 3 aliphatic rings. The Morgan fingerprint density at radius 2 is 1.06 bits per heavy atom. The molecular weight excluding hydrogens is 422 g/mol. The fraction of sp³-hybridized carbons (Fsp3) is 0.200. The largest absolute Gasteiger partial charge is 0.389 e. The molecule has 2 amide bonds. The van der Waals surface area contributed by atoms with Gasteiger partial charge in [0.2, 0.25) is 0 Å². The highest BCUT2D eigenvalue weighted by Gasteiger charge is 2.54. The van der Waals surface area contributed by atoms with Crippen LogP contribution >= 0.6 is 0 Å². The van der Waals surface area contributed by atoms with E-state index in [0.29, 0.717) is 32.9 Å². The monoisotopic (exact) mass is 439 g/mol. The topological polar surface area (TPSA) is 117 Å². The second-order valence-corrected chi connectivity index (χ2v) is 9.21. The Balaban J connectivity index is 1.80. The Kier molecular flexibility index (Phi) is 2.93. The fourth-order valence-corrected chi connectivity index (χ4v) is 6.67. The van der Waals surface area contributed by atoms with E-state index in [2.05, 4.69) is 5.32 Å². The van der Waals surface area contributed by atoms with Crippen molar-refractivity contribution in [3.63, 3.8) is 0 Å². The lowest BCUT2D eigenvalue weighted by Crippen LogP contribution is -2.31. The highest BCUT2D eigenvalue weighted by Crippen LogP contribution is 2.53. The maximum absolute atomic E-state index is 13.1. The standard InChI is InChI=1S/C25H17N3O5/c29-21-19-22(30)23(31)20(21)28-12-8-4-2-6-10(12)14-16-15(24(32)26-25(16)33)13-9-5-1-3-7-11(9)27(19)17(13)18(14)28/h1-8,19-23,29-31H,(H,26,32,33). The number of fused-ring (bicyclic) bond motifs is 13. The van der Waals surface area contributed by atoms with Gasteiger partial charge in [-0.3, -0.25) is 14.9 Å². The molecule has 2 aliphatic heterocycles. The Morgan fingerprint density at radius 3 is 1.52 bits per heavy atom. The van der Waals surface area contributed by atoms with E-state index < -0.39 is 42.2 Å². The minimum atomic E-state index is -1.21. The molecule has 0 radical (unpaired) electrons. The van der Waals surface area contributed by atoms with Crippen LogP contribution in [0.4, 0.5) is 0 Å². The normalized spacial score (nSPS) is 27.9. The minimum absolute atomic E-state index is 0.322. The molecule has 4 atom stereocenters. The van der Waals surface area contributed by atoms with Gasteiger partial charge in [-0.15, -0.1) is 0 Å².